The van der Waals surface area contributed by atoms with Crippen molar-refractivity contribution in [1.29, 1.82) is 0 Å². The Bertz CT molecular complexity index is 319. The van der Waals surface area contributed by atoms with E-state index in [4.69, 9.17) is 16.6 Å². The van der Waals surface area contributed by atoms with Crippen LogP contribution in [0.2, 0.25) is 0 Å². The number of aromatic nitrogens is 2. The average Bonchev–Trinajstić information content (AvgIpc) is 2.29. The second-order valence-corrected chi connectivity index (χ2v) is 3.20. The van der Waals surface area contributed by atoms with Crippen molar-refractivity contribution in [2.45, 2.75) is 25.6 Å². The van der Waals surface area contributed by atoms with Crippen LogP contribution in [0.1, 0.15) is 17.1 Å². The Kier molecular flexibility index (Phi) is 4.57. The predicted molar refractivity (Wildman–Crippen MR) is 54.6 cm³/mol. The van der Waals surface area contributed by atoms with E-state index in [9.17, 15) is 5.11 Å². The van der Waals surface area contributed by atoms with Crippen molar-refractivity contribution in [1.82, 2.24) is 9.97 Å². The lowest BCUT2D eigenvalue weighted by Gasteiger charge is -2.10. The van der Waals surface area contributed by atoms with E-state index in [0.29, 0.717) is 23.6 Å². The molecule has 1 unspecified atom stereocenters. The number of hydrogen-bond donors (Lipinski definition) is 4. The number of rotatable bonds is 5. The summed E-state index contributed by atoms with van der Waals surface area (Å²) in [6.45, 7) is 0.251. The van der Waals surface area contributed by atoms with E-state index in [0.717, 1.165) is 0 Å². The van der Waals surface area contributed by atoms with Crippen LogP contribution in [0, 0.1) is 0 Å². The third-order valence-electron chi connectivity index (χ3n) is 2.02. The van der Waals surface area contributed by atoms with Crippen molar-refractivity contribution in [3.63, 3.8) is 0 Å². The highest BCUT2D eigenvalue weighted by molar-refractivity contribution is 5.15. The Morgan fingerprint density at radius 2 is 2.00 bits per heavy atom. The van der Waals surface area contributed by atoms with Crippen molar-refractivity contribution < 1.29 is 10.2 Å². The van der Waals surface area contributed by atoms with Gasteiger partial charge in [-0.15, -0.1) is 0 Å². The molecular formula is C9H16N4O2. The molecule has 1 aromatic heterocycles. The molecule has 15 heavy (non-hydrogen) atoms. The smallest absolute Gasteiger partial charge is 0.0826 e. The molecule has 0 bridgehead atoms. The minimum Gasteiger partial charge on any atom is -0.394 e. The first-order valence-electron chi connectivity index (χ1n) is 4.74. The van der Waals surface area contributed by atoms with Gasteiger partial charge < -0.3 is 21.7 Å². The third kappa shape index (κ3) is 3.21. The van der Waals surface area contributed by atoms with Crippen LogP contribution in [0.25, 0.3) is 0 Å². The maximum atomic E-state index is 9.27. The van der Waals surface area contributed by atoms with Crippen LogP contribution in [0.15, 0.2) is 6.20 Å². The van der Waals surface area contributed by atoms with E-state index in [2.05, 4.69) is 9.97 Å². The number of hydrogen-bond acceptors (Lipinski definition) is 6. The van der Waals surface area contributed by atoms with Gasteiger partial charge in [-0.2, -0.15) is 0 Å². The molecule has 1 atom stereocenters. The van der Waals surface area contributed by atoms with Crippen molar-refractivity contribution in [2.75, 3.05) is 6.61 Å². The molecule has 0 saturated carbocycles. The summed E-state index contributed by atoms with van der Waals surface area (Å²) in [5.41, 5.74) is 12.8. The molecule has 0 aromatic carbocycles. The monoisotopic (exact) mass is 212 g/mol. The fraction of sp³-hybridized carbons (Fsp3) is 0.556. The summed E-state index contributed by atoms with van der Waals surface area (Å²) >= 11 is 0. The van der Waals surface area contributed by atoms with E-state index in [-0.39, 0.29) is 19.6 Å². The first-order valence-corrected chi connectivity index (χ1v) is 4.74. The van der Waals surface area contributed by atoms with Gasteiger partial charge in [0.15, 0.2) is 0 Å². The second kappa shape index (κ2) is 5.72. The number of nitrogens with two attached hydrogens (primary N) is 2. The quantitative estimate of drug-likeness (QED) is 0.461. The van der Waals surface area contributed by atoms with Gasteiger partial charge in [0.25, 0.3) is 0 Å². The van der Waals surface area contributed by atoms with Gasteiger partial charge in [-0.1, -0.05) is 0 Å². The summed E-state index contributed by atoms with van der Waals surface area (Å²) in [4.78, 5) is 8.31. The molecule has 1 heterocycles. The summed E-state index contributed by atoms with van der Waals surface area (Å²) in [6, 6.07) is 0. The van der Waals surface area contributed by atoms with E-state index >= 15 is 0 Å². The largest absolute Gasteiger partial charge is 0.394 e. The molecule has 6 N–H and O–H groups in total. The summed E-state index contributed by atoms with van der Waals surface area (Å²) in [7, 11) is 0. The zero-order chi connectivity index (χ0) is 11.3. The summed E-state index contributed by atoms with van der Waals surface area (Å²) < 4.78 is 0. The molecular weight excluding hydrogens is 196 g/mol. The van der Waals surface area contributed by atoms with Crippen molar-refractivity contribution in [3.05, 3.63) is 23.3 Å². The zero-order valence-corrected chi connectivity index (χ0v) is 8.43. The van der Waals surface area contributed by atoms with Gasteiger partial charge in [0.1, 0.15) is 0 Å². The zero-order valence-electron chi connectivity index (χ0n) is 8.43. The molecule has 1 rings (SSSR count). The van der Waals surface area contributed by atoms with Crippen LogP contribution >= 0.6 is 0 Å². The second-order valence-electron chi connectivity index (χ2n) is 3.20. The van der Waals surface area contributed by atoms with Crippen molar-refractivity contribution in [2.24, 2.45) is 11.5 Å². The number of aliphatic hydroxyl groups excluding tert-OH is 2. The Labute approximate surface area is 88.0 Å². The molecule has 0 aliphatic heterocycles. The molecule has 0 amide bonds. The highest BCUT2D eigenvalue weighted by atomic mass is 16.3. The van der Waals surface area contributed by atoms with E-state index < -0.39 is 6.10 Å². The molecule has 0 saturated heterocycles. The van der Waals surface area contributed by atoms with E-state index in [1.807, 2.05) is 0 Å². The van der Waals surface area contributed by atoms with Crippen LogP contribution in [-0.4, -0.2) is 32.9 Å². The Balaban J connectivity index is 2.87. The first-order chi connectivity index (χ1) is 7.21. The molecule has 0 spiro atoms. The molecule has 84 valence electrons. The molecule has 6 heteroatoms. The third-order valence-corrected chi connectivity index (χ3v) is 2.02. The summed E-state index contributed by atoms with van der Waals surface area (Å²) in [5, 5.41) is 18.0. The van der Waals surface area contributed by atoms with Crippen LogP contribution in [0.4, 0.5) is 0 Å². The van der Waals surface area contributed by atoms with Gasteiger partial charge in [0.05, 0.1) is 36.0 Å². The first kappa shape index (κ1) is 12.0. The molecule has 0 aliphatic carbocycles. The van der Waals surface area contributed by atoms with Crippen LogP contribution in [0.5, 0.6) is 0 Å². The number of aliphatic hydroxyl groups is 2. The summed E-state index contributed by atoms with van der Waals surface area (Å²) in [5.74, 6) is 0. The van der Waals surface area contributed by atoms with Gasteiger partial charge in [-0.3, -0.25) is 9.97 Å². The summed E-state index contributed by atoms with van der Waals surface area (Å²) in [6.07, 6.45) is 0.979. The van der Waals surface area contributed by atoms with Crippen molar-refractivity contribution >= 4 is 0 Å². The highest BCUT2D eigenvalue weighted by Gasteiger charge is 2.10. The topological polar surface area (TPSA) is 118 Å². The molecule has 0 aliphatic rings. The van der Waals surface area contributed by atoms with Crippen molar-refractivity contribution in [3.8, 4) is 0 Å². The maximum absolute atomic E-state index is 9.27. The average molecular weight is 212 g/mol. The fourth-order valence-corrected chi connectivity index (χ4v) is 1.21. The SMILES string of the molecule is NCc1cnc(CC(O)CO)c(CN)n1. The Hall–Kier alpha value is -1.08. The Morgan fingerprint density at radius 1 is 1.27 bits per heavy atom. The highest BCUT2D eigenvalue weighted by Crippen LogP contribution is 2.06. The Morgan fingerprint density at radius 3 is 2.53 bits per heavy atom. The molecule has 6 nitrogen and oxygen atoms in total. The predicted octanol–water partition coefficient (Wildman–Crippen LogP) is -1.71. The molecule has 0 radical (unpaired) electrons. The van der Waals surface area contributed by atoms with E-state index in [1.54, 1.807) is 6.20 Å². The normalized spacial score (nSPS) is 12.8. The van der Waals surface area contributed by atoms with Crippen LogP contribution in [-0.2, 0) is 19.5 Å². The number of nitrogens with zero attached hydrogens (tertiary/aromatic N) is 2. The fourth-order valence-electron chi connectivity index (χ4n) is 1.21. The van der Waals surface area contributed by atoms with Crippen LogP contribution < -0.4 is 11.5 Å². The molecule has 1 aromatic rings. The molecule has 0 fully saturated rings. The lowest BCUT2D eigenvalue weighted by Crippen LogP contribution is -2.19. The van der Waals surface area contributed by atoms with Gasteiger partial charge in [0, 0.05) is 19.5 Å². The van der Waals surface area contributed by atoms with E-state index in [1.165, 1.54) is 0 Å². The van der Waals surface area contributed by atoms with Crippen LogP contribution in [0.3, 0.4) is 0 Å². The van der Waals surface area contributed by atoms with Gasteiger partial charge in [-0.25, -0.2) is 0 Å². The van der Waals surface area contributed by atoms with Gasteiger partial charge in [0.2, 0.25) is 0 Å². The minimum absolute atomic E-state index is 0.244. The minimum atomic E-state index is -0.826. The van der Waals surface area contributed by atoms with Gasteiger partial charge >= 0.3 is 0 Å². The van der Waals surface area contributed by atoms with Gasteiger partial charge in [-0.05, 0) is 0 Å². The maximum Gasteiger partial charge on any atom is 0.0826 e. The standard InChI is InChI=1S/C9H16N4O2/c10-2-6-4-12-8(1-7(15)5-14)9(3-11)13-6/h4,7,14-15H,1-3,5,10-11H2. The lowest BCUT2D eigenvalue weighted by molar-refractivity contribution is 0.0944. The lowest BCUT2D eigenvalue weighted by atomic mass is 10.1.